The molecule has 1 N–H and O–H groups in total. The Hall–Kier alpha value is -1.99. The minimum absolute atomic E-state index is 0.0204. The molecule has 0 saturated carbocycles. The van der Waals surface area contributed by atoms with E-state index in [-0.39, 0.29) is 6.04 Å². The van der Waals surface area contributed by atoms with Crippen LogP contribution >= 0.6 is 11.3 Å². The lowest BCUT2D eigenvalue weighted by Crippen LogP contribution is -2.40. The molecule has 1 aromatic heterocycles. The van der Waals surface area contributed by atoms with Crippen LogP contribution in [0.15, 0.2) is 64.2 Å². The standard InChI is InChI=1S/C25H28N2O2S2/c28-31(29,24-10-9-19-5-1-3-7-21(19)15-24)26-16-25(23-12-14-30-18-23)27-13-11-20-6-2-4-8-22(20)17-27/h2,4,6,8-10,12,14-15,18,25-26H,1,3,5,7,11,13,16-17H2. The second kappa shape index (κ2) is 8.87. The monoisotopic (exact) mass is 452 g/mol. The lowest BCUT2D eigenvalue weighted by molar-refractivity contribution is 0.181. The number of thiophene rings is 1. The van der Waals surface area contributed by atoms with Crippen molar-refractivity contribution in [3.63, 3.8) is 0 Å². The predicted octanol–water partition coefficient (Wildman–Crippen LogP) is 4.70. The smallest absolute Gasteiger partial charge is 0.240 e. The minimum Gasteiger partial charge on any atom is -0.290 e. The molecule has 0 fully saturated rings. The van der Waals surface area contributed by atoms with Gasteiger partial charge in [-0.1, -0.05) is 30.3 Å². The Bertz CT molecular complexity index is 1160. The molecule has 2 heterocycles. The van der Waals surface area contributed by atoms with Crippen LogP contribution < -0.4 is 4.72 Å². The summed E-state index contributed by atoms with van der Waals surface area (Å²) in [7, 11) is -3.55. The van der Waals surface area contributed by atoms with E-state index < -0.39 is 10.0 Å². The lowest BCUT2D eigenvalue weighted by atomic mass is 9.92. The van der Waals surface area contributed by atoms with Crippen LogP contribution in [0.3, 0.4) is 0 Å². The minimum atomic E-state index is -3.55. The maximum Gasteiger partial charge on any atom is 0.240 e. The van der Waals surface area contributed by atoms with Crippen LogP contribution in [-0.2, 0) is 35.8 Å². The molecule has 1 unspecified atom stereocenters. The van der Waals surface area contributed by atoms with Crippen molar-refractivity contribution >= 4 is 21.4 Å². The summed E-state index contributed by atoms with van der Waals surface area (Å²) in [5.74, 6) is 0. The van der Waals surface area contributed by atoms with Crippen LogP contribution in [0.2, 0.25) is 0 Å². The van der Waals surface area contributed by atoms with E-state index >= 15 is 0 Å². The first-order valence-electron chi connectivity index (χ1n) is 11.0. The number of hydrogen-bond acceptors (Lipinski definition) is 4. The van der Waals surface area contributed by atoms with Gasteiger partial charge in [0.2, 0.25) is 10.0 Å². The van der Waals surface area contributed by atoms with Crippen molar-refractivity contribution in [3.05, 3.63) is 87.1 Å². The molecule has 0 radical (unpaired) electrons. The molecule has 0 amide bonds. The van der Waals surface area contributed by atoms with Gasteiger partial charge in [-0.3, -0.25) is 4.90 Å². The third-order valence-corrected chi connectivity index (χ3v) is 8.75. The SMILES string of the molecule is O=S(=O)(NCC(c1ccsc1)N1CCc2ccccc2C1)c1ccc2c(c1)CCCC2. The quantitative estimate of drug-likeness (QED) is 0.590. The van der Waals surface area contributed by atoms with Crippen molar-refractivity contribution in [1.29, 1.82) is 0 Å². The van der Waals surface area contributed by atoms with E-state index in [1.54, 1.807) is 17.4 Å². The highest BCUT2D eigenvalue weighted by Gasteiger charge is 2.27. The van der Waals surface area contributed by atoms with Gasteiger partial charge in [0.25, 0.3) is 0 Å². The van der Waals surface area contributed by atoms with Gasteiger partial charge in [-0.05, 0) is 88.9 Å². The normalized spacial score (nSPS) is 17.7. The molecule has 1 aliphatic carbocycles. The third kappa shape index (κ3) is 4.48. The second-order valence-electron chi connectivity index (χ2n) is 8.55. The first-order chi connectivity index (χ1) is 15.1. The highest BCUT2D eigenvalue weighted by Crippen LogP contribution is 2.29. The summed E-state index contributed by atoms with van der Waals surface area (Å²) in [6.07, 6.45) is 5.36. The highest BCUT2D eigenvalue weighted by molar-refractivity contribution is 7.89. The van der Waals surface area contributed by atoms with Crippen molar-refractivity contribution < 1.29 is 8.42 Å². The van der Waals surface area contributed by atoms with Gasteiger partial charge in [0.15, 0.2) is 0 Å². The number of benzene rings is 2. The van der Waals surface area contributed by atoms with Gasteiger partial charge < -0.3 is 0 Å². The molecule has 0 bridgehead atoms. The number of hydrogen-bond donors (Lipinski definition) is 1. The van der Waals surface area contributed by atoms with Gasteiger partial charge in [-0.2, -0.15) is 11.3 Å². The molecule has 2 aliphatic rings. The zero-order chi connectivity index (χ0) is 21.3. The molecule has 3 aromatic rings. The van der Waals surface area contributed by atoms with Crippen LogP contribution in [0, 0.1) is 0 Å². The van der Waals surface area contributed by atoms with Gasteiger partial charge in [0, 0.05) is 25.7 Å². The van der Waals surface area contributed by atoms with E-state index in [0.717, 1.165) is 38.8 Å². The van der Waals surface area contributed by atoms with Crippen molar-refractivity contribution in [2.75, 3.05) is 13.1 Å². The van der Waals surface area contributed by atoms with E-state index in [1.165, 1.54) is 34.2 Å². The first-order valence-corrected chi connectivity index (χ1v) is 13.5. The zero-order valence-electron chi connectivity index (χ0n) is 17.6. The van der Waals surface area contributed by atoms with E-state index in [9.17, 15) is 8.42 Å². The first kappa shape index (κ1) is 20.9. The van der Waals surface area contributed by atoms with Crippen molar-refractivity contribution in [3.8, 4) is 0 Å². The van der Waals surface area contributed by atoms with Gasteiger partial charge >= 0.3 is 0 Å². The predicted molar refractivity (Wildman–Crippen MR) is 126 cm³/mol. The largest absolute Gasteiger partial charge is 0.290 e. The molecule has 162 valence electrons. The average molecular weight is 453 g/mol. The molecule has 2 aromatic carbocycles. The molecule has 0 saturated heterocycles. The molecular formula is C25H28N2O2S2. The Morgan fingerprint density at radius 2 is 1.71 bits per heavy atom. The maximum absolute atomic E-state index is 13.1. The Morgan fingerprint density at radius 3 is 2.52 bits per heavy atom. The third-order valence-electron chi connectivity index (χ3n) is 6.63. The topological polar surface area (TPSA) is 49.4 Å². The summed E-state index contributed by atoms with van der Waals surface area (Å²) < 4.78 is 29.2. The van der Waals surface area contributed by atoms with E-state index in [1.807, 2.05) is 12.1 Å². The van der Waals surface area contributed by atoms with E-state index in [0.29, 0.717) is 11.4 Å². The number of rotatable bonds is 6. The molecular weight excluding hydrogens is 424 g/mol. The van der Waals surface area contributed by atoms with Gasteiger partial charge in [-0.15, -0.1) is 0 Å². The summed E-state index contributed by atoms with van der Waals surface area (Å²) in [5, 5.41) is 4.20. The Labute approximate surface area is 189 Å². The number of sulfonamides is 1. The molecule has 5 rings (SSSR count). The van der Waals surface area contributed by atoms with Crippen molar-refractivity contribution in [2.45, 2.75) is 49.6 Å². The molecule has 0 spiro atoms. The highest BCUT2D eigenvalue weighted by atomic mass is 32.2. The Balaban J connectivity index is 1.36. The molecule has 6 heteroatoms. The molecule has 31 heavy (non-hydrogen) atoms. The van der Waals surface area contributed by atoms with Crippen LogP contribution in [-0.4, -0.2) is 26.4 Å². The van der Waals surface area contributed by atoms with Gasteiger partial charge in [0.1, 0.15) is 0 Å². The van der Waals surface area contributed by atoms with Gasteiger partial charge in [0.05, 0.1) is 4.90 Å². The Morgan fingerprint density at radius 1 is 0.935 bits per heavy atom. The van der Waals surface area contributed by atoms with E-state index in [2.05, 4.69) is 50.7 Å². The molecule has 1 atom stereocenters. The van der Waals surface area contributed by atoms with Crippen LogP contribution in [0.25, 0.3) is 0 Å². The van der Waals surface area contributed by atoms with Gasteiger partial charge in [-0.25, -0.2) is 13.1 Å². The summed E-state index contributed by atoms with van der Waals surface area (Å²) in [5.41, 5.74) is 6.41. The van der Waals surface area contributed by atoms with Crippen LogP contribution in [0.1, 0.15) is 46.7 Å². The summed E-state index contributed by atoms with van der Waals surface area (Å²) >= 11 is 1.66. The van der Waals surface area contributed by atoms with Crippen molar-refractivity contribution in [2.24, 2.45) is 0 Å². The van der Waals surface area contributed by atoms with Crippen molar-refractivity contribution in [1.82, 2.24) is 9.62 Å². The van der Waals surface area contributed by atoms with Crippen LogP contribution in [0.5, 0.6) is 0 Å². The second-order valence-corrected chi connectivity index (χ2v) is 11.1. The van der Waals surface area contributed by atoms with Crippen LogP contribution in [0.4, 0.5) is 0 Å². The zero-order valence-corrected chi connectivity index (χ0v) is 19.2. The number of aryl methyl sites for hydroxylation is 2. The number of nitrogens with zero attached hydrogens (tertiary/aromatic N) is 1. The summed E-state index contributed by atoms with van der Waals surface area (Å²) in [6, 6.07) is 16.3. The molecule has 1 aliphatic heterocycles. The maximum atomic E-state index is 13.1. The summed E-state index contributed by atoms with van der Waals surface area (Å²) in [4.78, 5) is 2.79. The molecule has 4 nitrogen and oxygen atoms in total. The lowest BCUT2D eigenvalue weighted by Gasteiger charge is -2.35. The average Bonchev–Trinajstić information content (AvgIpc) is 3.33. The number of nitrogens with one attached hydrogen (secondary N) is 1. The Kier molecular flexibility index (Phi) is 5.97. The fourth-order valence-corrected chi connectivity index (χ4v) is 6.65. The fraction of sp³-hybridized carbons (Fsp3) is 0.360. The fourth-order valence-electron chi connectivity index (χ4n) is 4.85. The number of fused-ring (bicyclic) bond motifs is 2. The van der Waals surface area contributed by atoms with E-state index in [4.69, 9.17) is 0 Å². The summed E-state index contributed by atoms with van der Waals surface area (Å²) in [6.45, 7) is 2.15.